The summed E-state index contributed by atoms with van der Waals surface area (Å²) in [7, 11) is 3.21. The molecule has 0 spiro atoms. The van der Waals surface area contributed by atoms with Crippen LogP contribution in [-0.2, 0) is 0 Å². The predicted molar refractivity (Wildman–Crippen MR) is 83.6 cm³/mol. The second kappa shape index (κ2) is 7.33. The van der Waals surface area contributed by atoms with Gasteiger partial charge in [-0.15, -0.1) is 11.8 Å². The maximum atomic E-state index is 13.1. The molecule has 0 saturated heterocycles. The van der Waals surface area contributed by atoms with Crippen molar-refractivity contribution >= 4 is 11.8 Å². The number of thioether (sulfide) groups is 1. The van der Waals surface area contributed by atoms with Gasteiger partial charge in [-0.1, -0.05) is 6.07 Å². The Balaban J connectivity index is 2.07. The summed E-state index contributed by atoms with van der Waals surface area (Å²) >= 11 is 1.52. The molecule has 0 amide bonds. The maximum absolute atomic E-state index is 13.1. The lowest BCUT2D eigenvalue weighted by Crippen LogP contribution is -2.13. The van der Waals surface area contributed by atoms with E-state index in [1.54, 1.807) is 26.4 Å². The fourth-order valence-electron chi connectivity index (χ4n) is 1.88. The molecule has 0 radical (unpaired) electrons. The average Bonchev–Trinajstić information content (AvgIpc) is 2.52. The van der Waals surface area contributed by atoms with Gasteiger partial charge in [-0.3, -0.25) is 0 Å². The van der Waals surface area contributed by atoms with Crippen LogP contribution in [0.2, 0.25) is 0 Å². The Morgan fingerprint density at radius 2 is 1.76 bits per heavy atom. The fraction of sp³-hybridized carbons (Fsp3) is 0.250. The van der Waals surface area contributed by atoms with E-state index >= 15 is 0 Å². The minimum absolute atomic E-state index is 0.192. The Kier molecular flexibility index (Phi) is 5.47. The first-order valence-electron chi connectivity index (χ1n) is 6.49. The summed E-state index contributed by atoms with van der Waals surface area (Å²) in [4.78, 5) is 0.861. The lowest BCUT2D eigenvalue weighted by atomic mass is 10.1. The van der Waals surface area contributed by atoms with Crippen molar-refractivity contribution < 1.29 is 13.9 Å². The van der Waals surface area contributed by atoms with Crippen molar-refractivity contribution in [3.63, 3.8) is 0 Å². The SMILES string of the molecule is COc1cc(OC)cc(C(N)CSc2cccc(F)c2)c1. The van der Waals surface area contributed by atoms with Gasteiger partial charge in [-0.05, 0) is 35.9 Å². The number of ether oxygens (including phenoxy) is 2. The number of hydrogen-bond donors (Lipinski definition) is 1. The molecule has 2 aromatic rings. The lowest BCUT2D eigenvalue weighted by Gasteiger charge is -2.14. The van der Waals surface area contributed by atoms with Crippen LogP contribution in [0.4, 0.5) is 4.39 Å². The number of methoxy groups -OCH3 is 2. The third kappa shape index (κ3) is 4.37. The highest BCUT2D eigenvalue weighted by molar-refractivity contribution is 7.99. The Bertz CT molecular complexity index is 584. The Labute approximate surface area is 128 Å². The van der Waals surface area contributed by atoms with E-state index in [0.717, 1.165) is 10.5 Å². The minimum atomic E-state index is -0.239. The first-order chi connectivity index (χ1) is 10.1. The zero-order valence-corrected chi connectivity index (χ0v) is 12.8. The molecule has 0 saturated carbocycles. The van der Waals surface area contributed by atoms with E-state index in [4.69, 9.17) is 15.2 Å². The van der Waals surface area contributed by atoms with Crippen LogP contribution in [0.1, 0.15) is 11.6 Å². The summed E-state index contributed by atoms with van der Waals surface area (Å²) in [5.41, 5.74) is 7.13. The van der Waals surface area contributed by atoms with Gasteiger partial charge < -0.3 is 15.2 Å². The summed E-state index contributed by atoms with van der Waals surface area (Å²) in [6.45, 7) is 0. The van der Waals surface area contributed by atoms with Crippen LogP contribution >= 0.6 is 11.8 Å². The predicted octanol–water partition coefficient (Wildman–Crippen LogP) is 3.64. The second-order valence-corrected chi connectivity index (χ2v) is 5.61. The second-order valence-electron chi connectivity index (χ2n) is 4.52. The molecular formula is C16H18FNO2S. The molecule has 1 atom stereocenters. The van der Waals surface area contributed by atoms with E-state index < -0.39 is 0 Å². The maximum Gasteiger partial charge on any atom is 0.124 e. The molecule has 0 aromatic heterocycles. The van der Waals surface area contributed by atoms with E-state index in [0.29, 0.717) is 17.3 Å². The van der Waals surface area contributed by atoms with Crippen molar-refractivity contribution in [2.75, 3.05) is 20.0 Å². The Morgan fingerprint density at radius 1 is 1.10 bits per heavy atom. The Hall–Kier alpha value is -1.72. The van der Waals surface area contributed by atoms with Crippen LogP contribution < -0.4 is 15.2 Å². The van der Waals surface area contributed by atoms with Crippen molar-refractivity contribution in [2.45, 2.75) is 10.9 Å². The van der Waals surface area contributed by atoms with E-state index in [1.165, 1.54) is 23.9 Å². The third-order valence-corrected chi connectivity index (χ3v) is 4.14. The molecule has 1 unspecified atom stereocenters. The number of rotatable bonds is 6. The summed E-state index contributed by atoms with van der Waals surface area (Å²) in [6, 6.07) is 11.9. The summed E-state index contributed by atoms with van der Waals surface area (Å²) in [5, 5.41) is 0. The van der Waals surface area contributed by atoms with Crippen LogP contribution in [0.3, 0.4) is 0 Å². The molecule has 2 rings (SSSR count). The molecule has 5 heteroatoms. The summed E-state index contributed by atoms with van der Waals surface area (Å²) < 4.78 is 23.6. The monoisotopic (exact) mass is 307 g/mol. The molecule has 0 fully saturated rings. The molecule has 0 aliphatic heterocycles. The van der Waals surface area contributed by atoms with Gasteiger partial charge in [0, 0.05) is 22.8 Å². The largest absolute Gasteiger partial charge is 0.497 e. The molecule has 21 heavy (non-hydrogen) atoms. The highest BCUT2D eigenvalue weighted by Crippen LogP contribution is 2.29. The summed E-state index contributed by atoms with van der Waals surface area (Å²) in [6.07, 6.45) is 0. The quantitative estimate of drug-likeness (QED) is 0.828. The van der Waals surface area contributed by atoms with Crippen LogP contribution in [0.15, 0.2) is 47.4 Å². The van der Waals surface area contributed by atoms with Gasteiger partial charge in [0.1, 0.15) is 17.3 Å². The van der Waals surface area contributed by atoms with Crippen molar-refractivity contribution in [3.8, 4) is 11.5 Å². The molecule has 2 aromatic carbocycles. The molecule has 3 nitrogen and oxygen atoms in total. The van der Waals surface area contributed by atoms with Gasteiger partial charge in [0.15, 0.2) is 0 Å². The average molecular weight is 307 g/mol. The van der Waals surface area contributed by atoms with E-state index in [9.17, 15) is 4.39 Å². The van der Waals surface area contributed by atoms with Gasteiger partial charge in [0.2, 0.25) is 0 Å². The minimum Gasteiger partial charge on any atom is -0.497 e. The normalized spacial score (nSPS) is 12.0. The highest BCUT2D eigenvalue weighted by Gasteiger charge is 2.10. The number of nitrogens with two attached hydrogens (primary N) is 1. The molecule has 0 bridgehead atoms. The zero-order valence-electron chi connectivity index (χ0n) is 12.0. The molecule has 112 valence electrons. The van der Waals surface area contributed by atoms with E-state index in [2.05, 4.69) is 0 Å². The van der Waals surface area contributed by atoms with Gasteiger partial charge in [0.25, 0.3) is 0 Å². The lowest BCUT2D eigenvalue weighted by molar-refractivity contribution is 0.393. The highest BCUT2D eigenvalue weighted by atomic mass is 32.2. The molecule has 0 heterocycles. The van der Waals surface area contributed by atoms with Gasteiger partial charge in [-0.2, -0.15) is 0 Å². The van der Waals surface area contributed by atoms with Crippen LogP contribution in [0.25, 0.3) is 0 Å². The van der Waals surface area contributed by atoms with Gasteiger partial charge in [-0.25, -0.2) is 4.39 Å². The summed E-state index contributed by atoms with van der Waals surface area (Å²) in [5.74, 6) is 1.81. The zero-order chi connectivity index (χ0) is 15.2. The molecule has 2 N–H and O–H groups in total. The Morgan fingerprint density at radius 3 is 2.33 bits per heavy atom. The molecule has 0 aliphatic carbocycles. The first-order valence-corrected chi connectivity index (χ1v) is 7.48. The van der Waals surface area contributed by atoms with Crippen LogP contribution in [-0.4, -0.2) is 20.0 Å². The van der Waals surface area contributed by atoms with Gasteiger partial charge >= 0.3 is 0 Å². The van der Waals surface area contributed by atoms with Crippen molar-refractivity contribution in [1.82, 2.24) is 0 Å². The number of halogens is 1. The molecule has 0 aliphatic rings. The smallest absolute Gasteiger partial charge is 0.124 e. The van der Waals surface area contributed by atoms with Crippen molar-refractivity contribution in [2.24, 2.45) is 5.73 Å². The van der Waals surface area contributed by atoms with Crippen LogP contribution in [0, 0.1) is 5.82 Å². The fourth-order valence-corrected chi connectivity index (χ4v) is 2.82. The molecular weight excluding hydrogens is 289 g/mol. The standard InChI is InChI=1S/C16H18FNO2S/c1-19-13-6-11(7-14(9-13)20-2)16(18)10-21-15-5-3-4-12(17)8-15/h3-9,16H,10,18H2,1-2H3. The van der Waals surface area contributed by atoms with Crippen LogP contribution in [0.5, 0.6) is 11.5 Å². The van der Waals surface area contributed by atoms with Crippen molar-refractivity contribution in [3.05, 3.63) is 53.8 Å². The van der Waals surface area contributed by atoms with Crippen molar-refractivity contribution in [1.29, 1.82) is 0 Å². The number of hydrogen-bond acceptors (Lipinski definition) is 4. The van der Waals surface area contributed by atoms with Gasteiger partial charge in [0.05, 0.1) is 14.2 Å². The number of benzene rings is 2. The topological polar surface area (TPSA) is 44.5 Å². The van der Waals surface area contributed by atoms with E-state index in [-0.39, 0.29) is 11.9 Å². The first kappa shape index (κ1) is 15.7. The van der Waals surface area contributed by atoms with E-state index in [1.807, 2.05) is 18.2 Å². The third-order valence-electron chi connectivity index (χ3n) is 3.03.